The molecule has 2 aromatic heterocycles. The Morgan fingerprint density at radius 3 is 2.73 bits per heavy atom. The van der Waals surface area contributed by atoms with Crippen molar-refractivity contribution < 1.29 is 4.74 Å². The maximum absolute atomic E-state index is 5.82. The maximum Gasteiger partial charge on any atom is 0.257 e. The molecular weight excluding hydrogens is 237 g/mol. The van der Waals surface area contributed by atoms with Gasteiger partial charge in [0.15, 0.2) is 0 Å². The van der Waals surface area contributed by atoms with Gasteiger partial charge in [0.2, 0.25) is 0 Å². The Labute approximate surface area is 100 Å². The predicted molar refractivity (Wildman–Crippen MR) is 65.3 cm³/mol. The molecule has 0 bridgehead atoms. The molecule has 2 aromatic rings. The third kappa shape index (κ3) is 2.46. The topological polar surface area (TPSA) is 52.5 Å². The van der Waals surface area contributed by atoms with Gasteiger partial charge in [-0.05, 0) is 19.1 Å². The Hall–Kier alpha value is -1.13. The van der Waals surface area contributed by atoms with Crippen LogP contribution in [0.2, 0.25) is 0 Å². The van der Waals surface area contributed by atoms with Crippen molar-refractivity contribution in [2.45, 2.75) is 6.92 Å². The van der Waals surface area contributed by atoms with Gasteiger partial charge in [-0.3, -0.25) is 0 Å². The largest absolute Gasteiger partial charge is 0.475 e. The van der Waals surface area contributed by atoms with Crippen LogP contribution in [0, 0.1) is 0 Å². The summed E-state index contributed by atoms with van der Waals surface area (Å²) in [5.41, 5.74) is 7.30. The van der Waals surface area contributed by atoms with E-state index in [4.69, 9.17) is 10.5 Å². The monoisotopic (exact) mass is 249 g/mol. The van der Waals surface area contributed by atoms with Gasteiger partial charge in [-0.2, -0.15) is 0 Å². The smallest absolute Gasteiger partial charge is 0.257 e. The highest BCUT2D eigenvalue weighted by molar-refractivity contribution is 5.85. The van der Waals surface area contributed by atoms with Crippen molar-refractivity contribution in [3.05, 3.63) is 24.4 Å². The summed E-state index contributed by atoms with van der Waals surface area (Å²) in [7, 11) is 0. The number of nitrogens with zero attached hydrogens (tertiary/aromatic N) is 2. The van der Waals surface area contributed by atoms with Gasteiger partial charge in [0.1, 0.15) is 5.69 Å². The summed E-state index contributed by atoms with van der Waals surface area (Å²) in [4.78, 5) is 0. The standard InChI is InChI=1S/C9H11N3O.2ClH/c1-2-13-9-8(10)7-5-3-4-6-12(7)11-9;;/h3-6H,2,10H2,1H3;2*1H. The van der Waals surface area contributed by atoms with Crippen molar-refractivity contribution in [3.63, 3.8) is 0 Å². The van der Waals surface area contributed by atoms with Crippen LogP contribution in [-0.4, -0.2) is 16.2 Å². The number of halogens is 2. The molecule has 2 heterocycles. The number of nitrogen functional groups attached to an aromatic ring is 1. The van der Waals surface area contributed by atoms with E-state index >= 15 is 0 Å². The molecule has 0 aliphatic heterocycles. The van der Waals surface area contributed by atoms with E-state index in [1.807, 2.05) is 31.3 Å². The Bertz CT molecular complexity index is 430. The van der Waals surface area contributed by atoms with Crippen molar-refractivity contribution in [2.24, 2.45) is 0 Å². The highest BCUT2D eigenvalue weighted by Gasteiger charge is 2.08. The van der Waals surface area contributed by atoms with Crippen LogP contribution in [0.25, 0.3) is 5.52 Å². The lowest BCUT2D eigenvalue weighted by atomic mass is 10.4. The zero-order valence-electron chi connectivity index (χ0n) is 8.21. The molecule has 0 aromatic carbocycles. The summed E-state index contributed by atoms with van der Waals surface area (Å²) >= 11 is 0. The summed E-state index contributed by atoms with van der Waals surface area (Å²) in [5.74, 6) is 0.508. The van der Waals surface area contributed by atoms with E-state index in [2.05, 4.69) is 5.10 Å². The van der Waals surface area contributed by atoms with Gasteiger partial charge in [-0.15, -0.1) is 29.9 Å². The summed E-state index contributed by atoms with van der Waals surface area (Å²) in [6.45, 7) is 2.48. The molecule has 0 saturated heterocycles. The summed E-state index contributed by atoms with van der Waals surface area (Å²) in [6.07, 6.45) is 1.84. The zero-order chi connectivity index (χ0) is 9.26. The van der Waals surface area contributed by atoms with Crippen LogP contribution >= 0.6 is 24.8 Å². The van der Waals surface area contributed by atoms with Gasteiger partial charge >= 0.3 is 0 Å². The van der Waals surface area contributed by atoms with E-state index in [9.17, 15) is 0 Å². The van der Waals surface area contributed by atoms with Crippen molar-refractivity contribution in [1.29, 1.82) is 0 Å². The minimum atomic E-state index is 0. The number of ether oxygens (including phenoxy) is 1. The fourth-order valence-electron chi connectivity index (χ4n) is 1.24. The van der Waals surface area contributed by atoms with Gasteiger partial charge in [-0.1, -0.05) is 6.07 Å². The van der Waals surface area contributed by atoms with E-state index in [1.165, 1.54) is 0 Å². The summed E-state index contributed by atoms with van der Waals surface area (Å²) < 4.78 is 6.97. The van der Waals surface area contributed by atoms with Gasteiger partial charge < -0.3 is 10.5 Å². The van der Waals surface area contributed by atoms with Crippen LogP contribution in [0.5, 0.6) is 5.88 Å². The van der Waals surface area contributed by atoms with E-state index in [-0.39, 0.29) is 24.8 Å². The first-order chi connectivity index (χ1) is 6.33. The number of aromatic nitrogens is 2. The van der Waals surface area contributed by atoms with Crippen LogP contribution in [0.4, 0.5) is 5.69 Å². The molecule has 0 radical (unpaired) electrons. The Kier molecular flexibility index (Phi) is 5.25. The second-order valence-electron chi connectivity index (χ2n) is 2.68. The predicted octanol–water partition coefficient (Wildman–Crippen LogP) is 2.16. The average molecular weight is 250 g/mol. The normalized spacial score (nSPS) is 9.13. The molecule has 6 heteroatoms. The Balaban J connectivity index is 0.000000980. The van der Waals surface area contributed by atoms with Gasteiger partial charge in [-0.25, -0.2) is 4.52 Å². The molecule has 0 amide bonds. The number of nitrogens with two attached hydrogens (primary N) is 1. The first-order valence-electron chi connectivity index (χ1n) is 4.18. The number of hydrogen-bond acceptors (Lipinski definition) is 3. The molecule has 2 N–H and O–H groups in total. The van der Waals surface area contributed by atoms with E-state index in [0.29, 0.717) is 18.2 Å². The Morgan fingerprint density at radius 1 is 1.40 bits per heavy atom. The molecule has 15 heavy (non-hydrogen) atoms. The lowest BCUT2D eigenvalue weighted by Gasteiger charge is -1.96. The second-order valence-corrected chi connectivity index (χ2v) is 2.68. The molecule has 2 rings (SSSR count). The van der Waals surface area contributed by atoms with Crippen LogP contribution in [0.1, 0.15) is 6.92 Å². The SMILES string of the molecule is CCOc1nn2ccccc2c1N.Cl.Cl. The second kappa shape index (κ2) is 5.68. The molecule has 0 saturated carbocycles. The number of hydrogen-bond donors (Lipinski definition) is 1. The molecule has 0 aliphatic rings. The Morgan fingerprint density at radius 2 is 2.13 bits per heavy atom. The lowest BCUT2D eigenvalue weighted by Crippen LogP contribution is -1.95. The lowest BCUT2D eigenvalue weighted by molar-refractivity contribution is 0.327. The van der Waals surface area contributed by atoms with Crippen molar-refractivity contribution in [1.82, 2.24) is 9.61 Å². The van der Waals surface area contributed by atoms with Crippen LogP contribution in [0.15, 0.2) is 24.4 Å². The van der Waals surface area contributed by atoms with E-state index in [1.54, 1.807) is 4.52 Å². The molecule has 4 nitrogen and oxygen atoms in total. The minimum absolute atomic E-state index is 0. The molecule has 0 spiro atoms. The van der Waals surface area contributed by atoms with Gasteiger partial charge in [0.25, 0.3) is 5.88 Å². The van der Waals surface area contributed by atoms with Crippen LogP contribution < -0.4 is 10.5 Å². The molecule has 0 fully saturated rings. The van der Waals surface area contributed by atoms with Crippen molar-refractivity contribution >= 4 is 36.0 Å². The fourth-order valence-corrected chi connectivity index (χ4v) is 1.24. The molecular formula is C9H13Cl2N3O. The summed E-state index contributed by atoms with van der Waals surface area (Å²) in [6, 6.07) is 5.73. The maximum atomic E-state index is 5.82. The van der Waals surface area contributed by atoms with Gasteiger partial charge in [0.05, 0.1) is 12.1 Å². The van der Waals surface area contributed by atoms with Crippen molar-refractivity contribution in [3.8, 4) is 5.88 Å². The van der Waals surface area contributed by atoms with Gasteiger partial charge in [0, 0.05) is 6.20 Å². The van der Waals surface area contributed by atoms with Crippen LogP contribution in [-0.2, 0) is 0 Å². The molecule has 0 atom stereocenters. The molecule has 84 valence electrons. The number of anilines is 1. The highest BCUT2D eigenvalue weighted by Crippen LogP contribution is 2.24. The third-order valence-corrected chi connectivity index (χ3v) is 1.83. The zero-order valence-corrected chi connectivity index (χ0v) is 9.85. The van der Waals surface area contributed by atoms with Crippen molar-refractivity contribution in [2.75, 3.05) is 12.3 Å². The quantitative estimate of drug-likeness (QED) is 0.888. The number of fused-ring (bicyclic) bond motifs is 1. The highest BCUT2D eigenvalue weighted by atomic mass is 35.5. The molecule has 0 unspecified atom stereocenters. The van der Waals surface area contributed by atoms with E-state index < -0.39 is 0 Å². The summed E-state index contributed by atoms with van der Waals surface area (Å²) in [5, 5.41) is 4.17. The number of rotatable bonds is 2. The first-order valence-corrected chi connectivity index (χ1v) is 4.18. The van der Waals surface area contributed by atoms with Crippen LogP contribution in [0.3, 0.4) is 0 Å². The molecule has 0 aliphatic carbocycles. The van der Waals surface area contributed by atoms with E-state index in [0.717, 1.165) is 5.52 Å². The first kappa shape index (κ1) is 13.9. The average Bonchev–Trinajstić information content (AvgIpc) is 2.46. The number of pyridine rings is 1. The minimum Gasteiger partial charge on any atom is -0.475 e. The fraction of sp³-hybridized carbons (Fsp3) is 0.222. The third-order valence-electron chi connectivity index (χ3n) is 1.83.